The Balaban J connectivity index is 1.84. The van der Waals surface area contributed by atoms with Crippen LogP contribution in [0.15, 0.2) is 82.4 Å². The van der Waals surface area contributed by atoms with Gasteiger partial charge in [0.2, 0.25) is 5.69 Å². The van der Waals surface area contributed by atoms with Gasteiger partial charge in [0.25, 0.3) is 11.5 Å². The molecule has 0 N–H and O–H groups in total. The Bertz CT molecular complexity index is 1520. The van der Waals surface area contributed by atoms with E-state index in [4.69, 9.17) is 11.6 Å². The molecule has 1 heterocycles. The van der Waals surface area contributed by atoms with Crippen molar-refractivity contribution in [3.05, 3.63) is 127 Å². The van der Waals surface area contributed by atoms with Gasteiger partial charge in [-0.2, -0.15) is 9.78 Å². The monoisotopic (exact) mass is 492 g/mol. The molecule has 178 valence electrons. The Morgan fingerprint density at radius 2 is 1.71 bits per heavy atom. The van der Waals surface area contributed by atoms with E-state index in [0.717, 1.165) is 20.9 Å². The van der Waals surface area contributed by atoms with Crippen LogP contribution in [0.3, 0.4) is 0 Å². The number of rotatable bonds is 6. The molecule has 0 bridgehead atoms. The van der Waals surface area contributed by atoms with Crippen LogP contribution >= 0.6 is 11.6 Å². The molecule has 35 heavy (non-hydrogen) atoms. The van der Waals surface area contributed by atoms with Crippen molar-refractivity contribution in [1.82, 2.24) is 19.2 Å². The SMILES string of the molecule is Cc1ccc(-n2nc(C(=O)N(C)Cc3ccccc3)c(=O)n(Cc3cccc(Cl)c3)c2=O)cc1F. The standard InChI is InChI=1S/C26H22ClFN4O3/c1-17-11-12-21(14-22(17)28)32-26(35)31(16-19-9-6-10-20(27)13-19)25(34)23(29-32)24(33)30(2)15-18-7-4-3-5-8-18/h3-14H,15-16H2,1-2H3. The topological polar surface area (TPSA) is 77.2 Å². The van der Waals surface area contributed by atoms with E-state index in [1.807, 2.05) is 30.3 Å². The summed E-state index contributed by atoms with van der Waals surface area (Å²) in [6, 6.07) is 20.1. The molecule has 0 radical (unpaired) electrons. The quantitative estimate of drug-likeness (QED) is 0.410. The number of amides is 1. The number of aryl methyl sites for hydroxylation is 1. The van der Waals surface area contributed by atoms with Gasteiger partial charge in [-0.15, -0.1) is 0 Å². The van der Waals surface area contributed by atoms with Gasteiger partial charge in [0.05, 0.1) is 12.2 Å². The summed E-state index contributed by atoms with van der Waals surface area (Å²) < 4.78 is 16.1. The third kappa shape index (κ3) is 5.22. The van der Waals surface area contributed by atoms with E-state index in [1.54, 1.807) is 38.2 Å². The zero-order valence-electron chi connectivity index (χ0n) is 19.1. The number of hydrogen-bond donors (Lipinski definition) is 0. The second-order valence-electron chi connectivity index (χ2n) is 8.14. The minimum absolute atomic E-state index is 0.0951. The molecule has 0 aliphatic carbocycles. The molecule has 1 aromatic heterocycles. The van der Waals surface area contributed by atoms with Gasteiger partial charge in [-0.25, -0.2) is 9.18 Å². The summed E-state index contributed by atoms with van der Waals surface area (Å²) in [4.78, 5) is 41.2. The average molecular weight is 493 g/mol. The number of hydrogen-bond acceptors (Lipinski definition) is 4. The highest BCUT2D eigenvalue weighted by molar-refractivity contribution is 6.30. The first-order valence-corrected chi connectivity index (χ1v) is 11.2. The van der Waals surface area contributed by atoms with E-state index < -0.39 is 28.7 Å². The largest absolute Gasteiger partial charge is 0.352 e. The molecule has 0 spiro atoms. The van der Waals surface area contributed by atoms with Crippen LogP contribution in [0, 0.1) is 12.7 Å². The van der Waals surface area contributed by atoms with Crippen LogP contribution in [-0.4, -0.2) is 32.2 Å². The second kappa shape index (κ2) is 10.1. The van der Waals surface area contributed by atoms with E-state index in [2.05, 4.69) is 5.10 Å². The molecule has 1 amide bonds. The fourth-order valence-electron chi connectivity index (χ4n) is 3.60. The molecular weight excluding hydrogens is 471 g/mol. The Morgan fingerprint density at radius 1 is 1.00 bits per heavy atom. The predicted molar refractivity (Wildman–Crippen MR) is 132 cm³/mol. The minimum atomic E-state index is -0.844. The van der Waals surface area contributed by atoms with Crippen LogP contribution in [-0.2, 0) is 13.1 Å². The summed E-state index contributed by atoms with van der Waals surface area (Å²) >= 11 is 6.06. The molecule has 0 aliphatic heterocycles. The lowest BCUT2D eigenvalue weighted by atomic mass is 10.2. The molecule has 3 aromatic carbocycles. The van der Waals surface area contributed by atoms with Gasteiger partial charge in [0.15, 0.2) is 0 Å². The van der Waals surface area contributed by atoms with Crippen LogP contribution < -0.4 is 11.2 Å². The lowest BCUT2D eigenvalue weighted by Crippen LogP contribution is -2.46. The first-order valence-electron chi connectivity index (χ1n) is 10.8. The zero-order chi connectivity index (χ0) is 25.1. The predicted octanol–water partition coefficient (Wildman–Crippen LogP) is 3.82. The average Bonchev–Trinajstić information content (AvgIpc) is 2.84. The molecule has 4 rings (SSSR count). The minimum Gasteiger partial charge on any atom is -0.336 e. The van der Waals surface area contributed by atoms with Crippen molar-refractivity contribution in [2.24, 2.45) is 0 Å². The normalized spacial score (nSPS) is 10.9. The molecule has 4 aromatic rings. The molecular formula is C26H22ClFN4O3. The maximum absolute atomic E-state index is 14.3. The summed E-state index contributed by atoms with van der Waals surface area (Å²) in [5.74, 6) is -1.21. The Hall–Kier alpha value is -4.04. The molecule has 0 atom stereocenters. The highest BCUT2D eigenvalue weighted by Crippen LogP contribution is 2.13. The van der Waals surface area contributed by atoms with Crippen LogP contribution in [0.1, 0.15) is 27.2 Å². The van der Waals surface area contributed by atoms with Crippen LogP contribution in [0.25, 0.3) is 5.69 Å². The highest BCUT2D eigenvalue weighted by atomic mass is 35.5. The Kier molecular flexibility index (Phi) is 6.93. The van der Waals surface area contributed by atoms with E-state index in [-0.39, 0.29) is 18.8 Å². The van der Waals surface area contributed by atoms with Gasteiger partial charge < -0.3 is 4.90 Å². The second-order valence-corrected chi connectivity index (χ2v) is 8.58. The van der Waals surface area contributed by atoms with Crippen molar-refractivity contribution in [2.45, 2.75) is 20.0 Å². The van der Waals surface area contributed by atoms with E-state index >= 15 is 0 Å². The summed E-state index contributed by atoms with van der Waals surface area (Å²) in [7, 11) is 1.54. The van der Waals surface area contributed by atoms with Crippen molar-refractivity contribution in [3.8, 4) is 5.69 Å². The molecule has 7 nitrogen and oxygen atoms in total. The number of nitrogens with zero attached hydrogens (tertiary/aromatic N) is 4. The van der Waals surface area contributed by atoms with Crippen LogP contribution in [0.4, 0.5) is 4.39 Å². The van der Waals surface area contributed by atoms with Gasteiger partial charge in [-0.3, -0.25) is 14.2 Å². The number of aromatic nitrogens is 3. The summed E-state index contributed by atoms with van der Waals surface area (Å²) in [6.07, 6.45) is 0. The molecule has 0 unspecified atom stereocenters. The first kappa shape index (κ1) is 24.1. The van der Waals surface area contributed by atoms with E-state index in [9.17, 15) is 18.8 Å². The van der Waals surface area contributed by atoms with Crippen molar-refractivity contribution in [1.29, 1.82) is 0 Å². The molecule has 0 saturated carbocycles. The molecule has 9 heteroatoms. The number of benzene rings is 3. The lowest BCUT2D eigenvalue weighted by Gasteiger charge is -2.18. The number of carbonyl (C=O) groups is 1. The van der Waals surface area contributed by atoms with Crippen molar-refractivity contribution >= 4 is 17.5 Å². The third-order valence-corrected chi connectivity index (χ3v) is 5.74. The van der Waals surface area contributed by atoms with Gasteiger partial charge in [0, 0.05) is 24.7 Å². The van der Waals surface area contributed by atoms with E-state index in [0.29, 0.717) is 16.1 Å². The molecule has 0 saturated heterocycles. The third-order valence-electron chi connectivity index (χ3n) is 5.50. The van der Waals surface area contributed by atoms with Gasteiger partial charge in [-0.05, 0) is 41.8 Å². The van der Waals surface area contributed by atoms with Gasteiger partial charge in [-0.1, -0.05) is 60.1 Å². The smallest absolute Gasteiger partial charge is 0.336 e. The Labute approximate surface area is 205 Å². The van der Waals surface area contributed by atoms with Crippen molar-refractivity contribution < 1.29 is 9.18 Å². The van der Waals surface area contributed by atoms with Crippen molar-refractivity contribution in [2.75, 3.05) is 7.05 Å². The first-order chi connectivity index (χ1) is 16.7. The summed E-state index contributed by atoms with van der Waals surface area (Å²) in [6.45, 7) is 1.67. The fraction of sp³-hybridized carbons (Fsp3) is 0.154. The summed E-state index contributed by atoms with van der Waals surface area (Å²) in [5.41, 5.74) is -0.182. The fourth-order valence-corrected chi connectivity index (χ4v) is 3.81. The Morgan fingerprint density at radius 3 is 2.40 bits per heavy atom. The maximum Gasteiger partial charge on any atom is 0.352 e. The zero-order valence-corrected chi connectivity index (χ0v) is 19.9. The van der Waals surface area contributed by atoms with Crippen LogP contribution in [0.5, 0.6) is 0 Å². The van der Waals surface area contributed by atoms with Crippen molar-refractivity contribution in [3.63, 3.8) is 0 Å². The number of halogens is 2. The molecule has 0 aliphatic rings. The van der Waals surface area contributed by atoms with Gasteiger partial charge >= 0.3 is 5.69 Å². The van der Waals surface area contributed by atoms with E-state index in [1.165, 1.54) is 17.0 Å². The summed E-state index contributed by atoms with van der Waals surface area (Å²) in [5, 5.41) is 4.52. The van der Waals surface area contributed by atoms with Gasteiger partial charge in [0.1, 0.15) is 5.82 Å². The number of carbonyl (C=O) groups excluding carboxylic acids is 1. The highest BCUT2D eigenvalue weighted by Gasteiger charge is 2.23. The lowest BCUT2D eigenvalue weighted by molar-refractivity contribution is 0.0773. The van der Waals surface area contributed by atoms with Crippen LogP contribution in [0.2, 0.25) is 5.02 Å². The maximum atomic E-state index is 14.3. The molecule has 0 fully saturated rings.